The summed E-state index contributed by atoms with van der Waals surface area (Å²) in [6.45, 7) is 6.14. The van der Waals surface area contributed by atoms with Crippen LogP contribution in [0.4, 0.5) is 5.69 Å². The van der Waals surface area contributed by atoms with E-state index in [0.29, 0.717) is 9.23 Å². The quantitative estimate of drug-likeness (QED) is 0.443. The highest BCUT2D eigenvalue weighted by Crippen LogP contribution is 2.36. The Morgan fingerprint density at radius 2 is 1.82 bits per heavy atom. The van der Waals surface area contributed by atoms with Crippen molar-refractivity contribution in [1.29, 1.82) is 0 Å². The van der Waals surface area contributed by atoms with E-state index in [2.05, 4.69) is 28.6 Å². The minimum absolute atomic E-state index is 0.0836. The lowest BCUT2D eigenvalue weighted by molar-refractivity contribution is -0.113. The smallest absolute Gasteiger partial charge is 0.270 e. The molecule has 3 heterocycles. The normalized spacial score (nSPS) is 15.7. The van der Waals surface area contributed by atoms with Crippen molar-refractivity contribution in [2.45, 2.75) is 20.8 Å². The summed E-state index contributed by atoms with van der Waals surface area (Å²) in [5.41, 5.74) is 5.06. The van der Waals surface area contributed by atoms with Crippen LogP contribution in [0.25, 0.3) is 11.9 Å². The molecule has 6 heteroatoms. The number of pyridine rings is 1. The summed E-state index contributed by atoms with van der Waals surface area (Å²) in [7, 11) is 0. The molecular weight excluding hydrogens is 386 g/mol. The number of para-hydroxylation sites is 1. The van der Waals surface area contributed by atoms with Crippen molar-refractivity contribution in [2.24, 2.45) is 0 Å². The number of benzene rings is 1. The van der Waals surface area contributed by atoms with Crippen molar-refractivity contribution in [3.63, 3.8) is 0 Å². The SMILES string of the molecule is Cc1ccnc(-n2c(C)cc(/C=C3/SC(=S)N(c4ccccc4)C3=O)c2C)c1. The van der Waals surface area contributed by atoms with E-state index in [9.17, 15) is 4.79 Å². The van der Waals surface area contributed by atoms with Crippen LogP contribution in [0, 0.1) is 20.8 Å². The highest BCUT2D eigenvalue weighted by atomic mass is 32.2. The zero-order valence-corrected chi connectivity index (χ0v) is 17.5. The standard InChI is InChI=1S/C22H19N3OS2/c1-14-9-10-23-20(11-14)24-15(2)12-17(16(24)3)13-19-21(26)25(22(27)28-19)18-7-5-4-6-8-18/h4-13H,1-3H3/b19-13+. The third kappa shape index (κ3) is 3.30. The molecule has 4 rings (SSSR count). The van der Waals surface area contributed by atoms with E-state index in [4.69, 9.17) is 12.2 Å². The molecule has 140 valence electrons. The van der Waals surface area contributed by atoms with Crippen LogP contribution in [-0.4, -0.2) is 19.8 Å². The number of carbonyl (C=O) groups excluding carboxylic acids is 1. The molecule has 1 fully saturated rings. The fourth-order valence-electron chi connectivity index (χ4n) is 3.34. The highest BCUT2D eigenvalue weighted by Gasteiger charge is 2.33. The van der Waals surface area contributed by atoms with Gasteiger partial charge >= 0.3 is 0 Å². The van der Waals surface area contributed by atoms with Crippen molar-refractivity contribution in [3.8, 4) is 5.82 Å². The van der Waals surface area contributed by atoms with Crippen molar-refractivity contribution in [1.82, 2.24) is 9.55 Å². The Labute approximate surface area is 173 Å². The molecule has 1 aliphatic rings. The molecule has 0 unspecified atom stereocenters. The summed E-state index contributed by atoms with van der Waals surface area (Å²) < 4.78 is 2.66. The summed E-state index contributed by atoms with van der Waals surface area (Å²) in [5.74, 6) is 0.797. The van der Waals surface area contributed by atoms with Crippen LogP contribution in [0.5, 0.6) is 0 Å². The number of anilines is 1. The number of carbonyl (C=O) groups is 1. The van der Waals surface area contributed by atoms with E-state index < -0.39 is 0 Å². The monoisotopic (exact) mass is 405 g/mol. The maximum Gasteiger partial charge on any atom is 0.270 e. The summed E-state index contributed by atoms with van der Waals surface area (Å²) in [6, 6.07) is 15.6. The molecule has 4 nitrogen and oxygen atoms in total. The maximum atomic E-state index is 13.0. The highest BCUT2D eigenvalue weighted by molar-refractivity contribution is 8.27. The van der Waals surface area contributed by atoms with Crippen molar-refractivity contribution in [3.05, 3.63) is 82.1 Å². The predicted octanol–water partition coefficient (Wildman–Crippen LogP) is 5.20. The second-order valence-corrected chi connectivity index (χ2v) is 8.38. The number of hydrogen-bond donors (Lipinski definition) is 0. The van der Waals surface area contributed by atoms with E-state index in [1.807, 2.05) is 62.5 Å². The molecule has 28 heavy (non-hydrogen) atoms. The number of rotatable bonds is 3. The van der Waals surface area contributed by atoms with Gasteiger partial charge in [0, 0.05) is 17.6 Å². The van der Waals surface area contributed by atoms with Gasteiger partial charge in [0.25, 0.3) is 5.91 Å². The number of aryl methyl sites for hydroxylation is 2. The molecule has 0 bridgehead atoms. The van der Waals surface area contributed by atoms with Gasteiger partial charge in [-0.3, -0.25) is 9.69 Å². The zero-order chi connectivity index (χ0) is 19.8. The van der Waals surface area contributed by atoms with Gasteiger partial charge in [0.05, 0.1) is 10.6 Å². The average Bonchev–Trinajstić information content (AvgIpc) is 3.11. The minimum Gasteiger partial charge on any atom is -0.303 e. The van der Waals surface area contributed by atoms with Crippen LogP contribution >= 0.6 is 24.0 Å². The Morgan fingerprint density at radius 3 is 2.54 bits per heavy atom. The van der Waals surface area contributed by atoms with Gasteiger partial charge in [0.15, 0.2) is 4.32 Å². The van der Waals surface area contributed by atoms with Gasteiger partial charge in [-0.05, 0) is 68.3 Å². The first-order valence-corrected chi connectivity index (χ1v) is 10.1. The van der Waals surface area contributed by atoms with Gasteiger partial charge < -0.3 is 4.57 Å². The third-order valence-corrected chi connectivity index (χ3v) is 6.00. The molecule has 1 aliphatic heterocycles. The van der Waals surface area contributed by atoms with Gasteiger partial charge in [-0.25, -0.2) is 4.98 Å². The molecule has 0 radical (unpaired) electrons. The van der Waals surface area contributed by atoms with Gasteiger partial charge in [-0.1, -0.05) is 42.2 Å². The second-order valence-electron chi connectivity index (χ2n) is 6.71. The second kappa shape index (κ2) is 7.37. The van der Waals surface area contributed by atoms with Gasteiger partial charge in [0.2, 0.25) is 0 Å². The molecule has 0 atom stereocenters. The summed E-state index contributed by atoms with van der Waals surface area (Å²) in [4.78, 5) is 19.7. The predicted molar refractivity (Wildman–Crippen MR) is 120 cm³/mol. The lowest BCUT2D eigenvalue weighted by Gasteiger charge is -2.13. The van der Waals surface area contributed by atoms with E-state index in [1.165, 1.54) is 11.8 Å². The lowest BCUT2D eigenvalue weighted by Crippen LogP contribution is -2.27. The number of thioether (sulfide) groups is 1. The fraction of sp³-hybridized carbons (Fsp3) is 0.136. The first-order valence-electron chi connectivity index (χ1n) is 8.90. The van der Waals surface area contributed by atoms with Crippen LogP contribution in [0.2, 0.25) is 0 Å². The van der Waals surface area contributed by atoms with Gasteiger partial charge in [-0.2, -0.15) is 0 Å². The molecule has 2 aromatic heterocycles. The Hall–Kier alpha value is -2.70. The molecule has 3 aromatic rings. The van der Waals surface area contributed by atoms with Crippen LogP contribution in [0.3, 0.4) is 0 Å². The van der Waals surface area contributed by atoms with Crippen molar-refractivity contribution >= 4 is 46.0 Å². The first kappa shape index (κ1) is 18.7. The zero-order valence-electron chi connectivity index (χ0n) is 15.8. The summed E-state index contributed by atoms with van der Waals surface area (Å²) >= 11 is 6.80. The first-order chi connectivity index (χ1) is 13.5. The van der Waals surface area contributed by atoms with Crippen molar-refractivity contribution in [2.75, 3.05) is 4.90 Å². The van der Waals surface area contributed by atoms with Gasteiger partial charge in [-0.15, -0.1) is 0 Å². The maximum absolute atomic E-state index is 13.0. The van der Waals surface area contributed by atoms with Crippen molar-refractivity contribution < 1.29 is 4.79 Å². The van der Waals surface area contributed by atoms with Crippen LogP contribution in [0.15, 0.2) is 59.6 Å². The average molecular weight is 406 g/mol. The largest absolute Gasteiger partial charge is 0.303 e. The molecule has 1 aromatic carbocycles. The van der Waals surface area contributed by atoms with E-state index in [1.54, 1.807) is 4.90 Å². The topological polar surface area (TPSA) is 38.1 Å². The number of amides is 1. The molecule has 0 spiro atoms. The Balaban J connectivity index is 1.72. The number of nitrogens with zero attached hydrogens (tertiary/aromatic N) is 3. The van der Waals surface area contributed by atoms with E-state index in [-0.39, 0.29) is 5.91 Å². The third-order valence-electron chi connectivity index (χ3n) is 4.70. The lowest BCUT2D eigenvalue weighted by atomic mass is 10.2. The van der Waals surface area contributed by atoms with Crippen LogP contribution in [0.1, 0.15) is 22.5 Å². The Bertz CT molecular complexity index is 1120. The number of aromatic nitrogens is 2. The number of thiocarbonyl (C=S) groups is 1. The van der Waals surface area contributed by atoms with E-state index >= 15 is 0 Å². The molecular formula is C22H19N3OS2. The Morgan fingerprint density at radius 1 is 1.07 bits per heavy atom. The van der Waals surface area contributed by atoms with E-state index in [0.717, 1.165) is 34.0 Å². The minimum atomic E-state index is -0.0836. The Kier molecular flexibility index (Phi) is 4.91. The molecule has 1 saturated heterocycles. The molecule has 0 aliphatic carbocycles. The summed E-state index contributed by atoms with van der Waals surface area (Å²) in [5, 5.41) is 0. The molecule has 0 saturated carbocycles. The van der Waals surface area contributed by atoms with Gasteiger partial charge in [0.1, 0.15) is 5.82 Å². The fourth-order valence-corrected chi connectivity index (χ4v) is 4.63. The molecule has 0 N–H and O–H groups in total. The number of hydrogen-bond acceptors (Lipinski definition) is 4. The molecule has 1 amide bonds. The summed E-state index contributed by atoms with van der Waals surface area (Å²) in [6.07, 6.45) is 3.74. The van der Waals surface area contributed by atoms with Crippen LogP contribution in [-0.2, 0) is 4.79 Å². The van der Waals surface area contributed by atoms with Crippen LogP contribution < -0.4 is 4.90 Å².